The molecule has 0 spiro atoms. The van der Waals surface area contributed by atoms with Crippen LogP contribution in [-0.4, -0.2) is 111 Å². The minimum Gasteiger partial charge on any atom is -0.478 e. The number of halogens is 1. The van der Waals surface area contributed by atoms with E-state index in [1.807, 2.05) is 43.8 Å². The highest BCUT2D eigenvalue weighted by molar-refractivity contribution is 6.33. The summed E-state index contributed by atoms with van der Waals surface area (Å²) in [4.78, 5) is 70.9. The number of nitrogens with zero attached hydrogens (tertiary/aromatic N) is 9. The van der Waals surface area contributed by atoms with E-state index in [1.165, 1.54) is 7.05 Å². The van der Waals surface area contributed by atoms with Crippen molar-refractivity contribution in [1.82, 2.24) is 44.8 Å². The van der Waals surface area contributed by atoms with Crippen LogP contribution in [0.2, 0.25) is 5.02 Å². The first-order valence-corrected chi connectivity index (χ1v) is 21.0. The van der Waals surface area contributed by atoms with Crippen molar-refractivity contribution >= 4 is 74.4 Å². The van der Waals surface area contributed by atoms with E-state index < -0.39 is 5.92 Å². The lowest BCUT2D eigenvalue weighted by Gasteiger charge is -2.43. The zero-order valence-corrected chi connectivity index (χ0v) is 35.3. The molecule has 3 aliphatic rings. The van der Waals surface area contributed by atoms with E-state index in [4.69, 9.17) is 26.4 Å². The van der Waals surface area contributed by atoms with E-state index in [-0.39, 0.29) is 41.7 Å². The van der Waals surface area contributed by atoms with Gasteiger partial charge < -0.3 is 25.2 Å². The Kier molecular flexibility index (Phi) is 11.6. The third kappa shape index (κ3) is 8.19. The van der Waals surface area contributed by atoms with E-state index >= 15 is 0 Å². The molecule has 7 heterocycles. The van der Waals surface area contributed by atoms with Crippen LogP contribution in [0.3, 0.4) is 0 Å². The lowest BCUT2D eigenvalue weighted by Crippen LogP contribution is -2.54. The van der Waals surface area contributed by atoms with E-state index in [0.717, 1.165) is 74.4 Å². The Labute approximate surface area is 352 Å². The minimum atomic E-state index is -0.435. The quantitative estimate of drug-likeness (QED) is 0.162. The number of aryl methyl sites for hydroxylation is 1. The summed E-state index contributed by atoms with van der Waals surface area (Å²) < 4.78 is 9.03. The molecule has 1 unspecified atom stereocenters. The molecule has 3 saturated heterocycles. The maximum Gasteiger partial charge on any atom is 0.294 e. The Morgan fingerprint density at radius 1 is 1.03 bits per heavy atom. The zero-order valence-electron chi connectivity index (χ0n) is 34.6. The van der Waals surface area contributed by atoms with Crippen LogP contribution < -0.4 is 36.0 Å². The smallest absolute Gasteiger partial charge is 0.294 e. The van der Waals surface area contributed by atoms with Gasteiger partial charge in [0.1, 0.15) is 10.7 Å². The highest BCUT2D eigenvalue weighted by Crippen LogP contribution is 2.36. The minimum absolute atomic E-state index is 0.0586. The summed E-state index contributed by atoms with van der Waals surface area (Å²) in [5, 5.41) is 15.1. The Balaban J connectivity index is 0.892. The Morgan fingerprint density at radius 2 is 1.83 bits per heavy atom. The van der Waals surface area contributed by atoms with Crippen LogP contribution in [0, 0.1) is 5.92 Å². The van der Waals surface area contributed by atoms with Crippen molar-refractivity contribution in [3.05, 3.63) is 63.8 Å². The van der Waals surface area contributed by atoms with Gasteiger partial charge >= 0.3 is 0 Å². The van der Waals surface area contributed by atoms with E-state index in [1.54, 1.807) is 23.0 Å². The second kappa shape index (κ2) is 17.0. The first kappa shape index (κ1) is 40.9. The summed E-state index contributed by atoms with van der Waals surface area (Å²) in [6, 6.07) is 9.80. The van der Waals surface area contributed by atoms with Crippen LogP contribution in [0.25, 0.3) is 21.9 Å². The van der Waals surface area contributed by atoms with Crippen molar-refractivity contribution in [2.45, 2.75) is 64.5 Å². The number of amides is 3. The van der Waals surface area contributed by atoms with Crippen molar-refractivity contribution in [1.29, 1.82) is 0 Å². The zero-order chi connectivity index (χ0) is 42.2. The van der Waals surface area contributed by atoms with Crippen LogP contribution in [-0.2, 0) is 21.4 Å². The number of carbonyl (C=O) groups is 3. The molecule has 0 radical (unpaired) electrons. The number of hydrogen-bond donors (Lipinski definition) is 3. The molecule has 17 nitrogen and oxygen atoms in total. The van der Waals surface area contributed by atoms with Crippen molar-refractivity contribution in [2.24, 2.45) is 13.0 Å². The average molecular weight is 839 g/mol. The van der Waals surface area contributed by atoms with Crippen molar-refractivity contribution in [3.63, 3.8) is 0 Å². The molecule has 8 rings (SSSR count). The van der Waals surface area contributed by atoms with Gasteiger partial charge in [0.25, 0.3) is 11.5 Å². The number of hydrogen-bond acceptors (Lipinski definition) is 13. The van der Waals surface area contributed by atoms with E-state index in [9.17, 15) is 19.2 Å². The van der Waals surface area contributed by atoms with Gasteiger partial charge in [0.05, 0.1) is 40.9 Å². The first-order chi connectivity index (χ1) is 28.9. The van der Waals surface area contributed by atoms with Gasteiger partial charge in [0.15, 0.2) is 18.2 Å². The number of nitrogens with one attached hydrogen (secondary N) is 3. The van der Waals surface area contributed by atoms with Crippen LogP contribution in [0.15, 0.2) is 47.5 Å². The van der Waals surface area contributed by atoms with Crippen LogP contribution >= 0.6 is 11.6 Å². The molecule has 5 aromatic rings. The molecule has 3 amide bonds. The number of para-hydroxylation sites is 1. The van der Waals surface area contributed by atoms with E-state index in [0.29, 0.717) is 58.3 Å². The van der Waals surface area contributed by atoms with Gasteiger partial charge in [-0.2, -0.15) is 10.1 Å². The molecule has 1 aromatic carbocycles. The van der Waals surface area contributed by atoms with Crippen molar-refractivity contribution in [2.75, 3.05) is 68.0 Å². The Bertz CT molecular complexity index is 2510. The third-order valence-corrected chi connectivity index (χ3v) is 12.2. The molecule has 0 aliphatic carbocycles. The lowest BCUT2D eigenvalue weighted by atomic mass is 9.92. The number of rotatable bonds is 11. The number of benzene rings is 1. The number of aromatic nitrogens is 6. The van der Waals surface area contributed by atoms with Gasteiger partial charge in [-0.3, -0.25) is 38.6 Å². The fraction of sp³-hybridized carbons (Fsp3) is 0.476. The molecule has 3 aliphatic heterocycles. The van der Waals surface area contributed by atoms with Crippen molar-refractivity contribution < 1.29 is 19.1 Å². The SMILES string of the molecule is CNC(=O)COc1cc2cc(Nc3nc(N4CCC(CN5CCN(c6cccc7c(C8CCC(=O)NC8=O)nn(C)c67)C[C@H]5C)CC4)ncc3Cl)cnc2n(C(C)C)c1=O. The number of piperidine rings is 2. The monoisotopic (exact) mass is 838 g/mol. The average Bonchev–Trinajstić information content (AvgIpc) is 3.57. The molecular formula is C42H51ClN12O5. The molecule has 2 atom stereocenters. The number of piperazine rings is 1. The molecule has 3 N–H and O–H groups in total. The predicted molar refractivity (Wildman–Crippen MR) is 230 cm³/mol. The number of ether oxygens (including phenoxy) is 1. The first-order valence-electron chi connectivity index (χ1n) is 20.6. The largest absolute Gasteiger partial charge is 0.478 e. The second-order valence-corrected chi connectivity index (χ2v) is 16.7. The highest BCUT2D eigenvalue weighted by atomic mass is 35.5. The third-order valence-electron chi connectivity index (χ3n) is 11.9. The molecule has 4 aromatic heterocycles. The molecule has 3 fully saturated rings. The van der Waals surface area contributed by atoms with Gasteiger partial charge in [-0.1, -0.05) is 23.7 Å². The van der Waals surface area contributed by atoms with Crippen molar-refractivity contribution in [3.8, 4) is 5.75 Å². The number of anilines is 4. The molecule has 0 saturated carbocycles. The number of likely N-dealkylation sites (N-methyl/N-ethyl adjacent to an activating group) is 1. The number of fused-ring (bicyclic) bond motifs is 2. The maximum absolute atomic E-state index is 13.2. The fourth-order valence-corrected chi connectivity index (χ4v) is 8.88. The van der Waals surface area contributed by atoms with Gasteiger partial charge in [-0.15, -0.1) is 0 Å². The second-order valence-electron chi connectivity index (χ2n) is 16.3. The fourth-order valence-electron chi connectivity index (χ4n) is 8.74. The summed E-state index contributed by atoms with van der Waals surface area (Å²) in [7, 11) is 3.44. The summed E-state index contributed by atoms with van der Waals surface area (Å²) in [6.07, 6.45) is 6.05. The summed E-state index contributed by atoms with van der Waals surface area (Å²) in [5.74, 6) is 0.359. The van der Waals surface area contributed by atoms with Crippen LogP contribution in [0.1, 0.15) is 64.1 Å². The van der Waals surface area contributed by atoms with Gasteiger partial charge in [-0.25, -0.2) is 9.97 Å². The lowest BCUT2D eigenvalue weighted by molar-refractivity contribution is -0.134. The maximum atomic E-state index is 13.2. The highest BCUT2D eigenvalue weighted by Gasteiger charge is 2.34. The number of carbonyl (C=O) groups excluding carboxylic acids is 3. The summed E-state index contributed by atoms with van der Waals surface area (Å²) in [5.41, 5.74) is 3.61. The summed E-state index contributed by atoms with van der Waals surface area (Å²) in [6.45, 7) is 11.1. The number of pyridine rings is 2. The molecule has 316 valence electrons. The topological polar surface area (TPSA) is 185 Å². The molecular weight excluding hydrogens is 788 g/mol. The van der Waals surface area contributed by atoms with Crippen LogP contribution in [0.4, 0.5) is 23.1 Å². The Hall–Kier alpha value is -5.81. The van der Waals surface area contributed by atoms with Crippen LogP contribution in [0.5, 0.6) is 5.75 Å². The van der Waals surface area contributed by atoms with E-state index in [2.05, 4.69) is 53.6 Å². The predicted octanol–water partition coefficient (Wildman–Crippen LogP) is 4.12. The molecule has 60 heavy (non-hydrogen) atoms. The standard InChI is InChI=1S/C42H51ClN12O5/c1-24(2)55-39-27(18-33(41(55)59)60-23-35(57)44-4)17-28(19-45-39)47-38-31(43)20-46-42(49-38)52-13-11-26(12-14-52)22-53-15-16-54(21-25(53)3)32-8-6-7-29-36(50-51(5)37(29)32)30-9-10-34(56)48-40(30)58/h6-8,17-20,24-26,30H,9-16,21-23H2,1-5H3,(H,44,57)(H,46,47,49)(H,48,56,58)/t25-,30?/m1/s1. The van der Waals surface area contributed by atoms with Gasteiger partial charge in [0, 0.05) is 82.6 Å². The molecule has 0 bridgehead atoms. The summed E-state index contributed by atoms with van der Waals surface area (Å²) >= 11 is 6.61. The van der Waals surface area contributed by atoms with Gasteiger partial charge in [0.2, 0.25) is 17.8 Å². The van der Waals surface area contributed by atoms with Gasteiger partial charge in [-0.05, 0) is 64.2 Å². The normalized spacial score (nSPS) is 19.3. The molecule has 18 heteroatoms. The Morgan fingerprint density at radius 3 is 2.57 bits per heavy atom. The number of imide groups is 1.